The van der Waals surface area contributed by atoms with E-state index in [1.165, 1.54) is 0 Å². The summed E-state index contributed by atoms with van der Waals surface area (Å²) in [5.74, 6) is 0.242. The molecule has 1 heterocycles. The van der Waals surface area contributed by atoms with Crippen molar-refractivity contribution in [1.29, 1.82) is 0 Å². The summed E-state index contributed by atoms with van der Waals surface area (Å²) in [4.78, 5) is 11.8. The van der Waals surface area contributed by atoms with Crippen LogP contribution < -0.4 is 11.1 Å². The molecule has 0 bridgehead atoms. The van der Waals surface area contributed by atoms with Gasteiger partial charge in [0.15, 0.2) is 9.84 Å². The zero-order valence-corrected chi connectivity index (χ0v) is 10.8. The minimum Gasteiger partial charge on any atom is -0.352 e. The normalized spacial score (nSPS) is 29.6. The fourth-order valence-corrected chi connectivity index (χ4v) is 4.33. The highest BCUT2D eigenvalue weighted by Crippen LogP contribution is 2.42. The lowest BCUT2D eigenvalue weighted by molar-refractivity contribution is -0.125. The van der Waals surface area contributed by atoms with E-state index in [4.69, 9.17) is 5.73 Å². The van der Waals surface area contributed by atoms with Gasteiger partial charge >= 0.3 is 0 Å². The molecule has 0 aromatic rings. The molecule has 3 N–H and O–H groups in total. The Hall–Kier alpha value is -0.620. The van der Waals surface area contributed by atoms with Gasteiger partial charge < -0.3 is 11.1 Å². The molecule has 2 rings (SSSR count). The summed E-state index contributed by atoms with van der Waals surface area (Å²) in [5, 5.41) is 2.82. The molecule has 1 unspecified atom stereocenters. The van der Waals surface area contributed by atoms with Gasteiger partial charge in [-0.15, -0.1) is 0 Å². The molecule has 0 spiro atoms. The Morgan fingerprint density at radius 2 is 2.12 bits per heavy atom. The minimum absolute atomic E-state index is 0.0123. The van der Waals surface area contributed by atoms with Crippen LogP contribution in [0, 0.1) is 5.41 Å². The van der Waals surface area contributed by atoms with Crippen LogP contribution in [0.2, 0.25) is 0 Å². The molecule has 98 valence electrons. The number of hydrogen-bond acceptors (Lipinski definition) is 4. The summed E-state index contributed by atoms with van der Waals surface area (Å²) < 4.78 is 22.5. The zero-order valence-electron chi connectivity index (χ0n) is 9.94. The van der Waals surface area contributed by atoms with Crippen LogP contribution in [0.1, 0.15) is 32.1 Å². The Kier molecular flexibility index (Phi) is 3.45. The van der Waals surface area contributed by atoms with Gasteiger partial charge in [0.25, 0.3) is 0 Å². The number of nitrogens with one attached hydrogen (secondary N) is 1. The Labute approximate surface area is 102 Å². The monoisotopic (exact) mass is 260 g/mol. The van der Waals surface area contributed by atoms with Gasteiger partial charge in [0, 0.05) is 12.5 Å². The van der Waals surface area contributed by atoms with E-state index >= 15 is 0 Å². The van der Waals surface area contributed by atoms with Crippen LogP contribution in [0.5, 0.6) is 0 Å². The van der Waals surface area contributed by atoms with Gasteiger partial charge in [0.05, 0.1) is 11.5 Å². The number of nitrogens with two attached hydrogens (primary N) is 1. The molecule has 5 nitrogen and oxygen atoms in total. The zero-order chi connectivity index (χ0) is 12.5. The average Bonchev–Trinajstić information content (AvgIpc) is 2.52. The van der Waals surface area contributed by atoms with Crippen molar-refractivity contribution in [2.75, 3.05) is 18.1 Å². The van der Waals surface area contributed by atoms with E-state index in [1.54, 1.807) is 0 Å². The second kappa shape index (κ2) is 4.57. The molecular weight excluding hydrogens is 240 g/mol. The van der Waals surface area contributed by atoms with Crippen LogP contribution in [0.3, 0.4) is 0 Å². The van der Waals surface area contributed by atoms with Crippen molar-refractivity contribution < 1.29 is 13.2 Å². The maximum atomic E-state index is 11.8. The third-order valence-electron chi connectivity index (χ3n) is 3.98. The Bertz CT molecular complexity index is 395. The van der Waals surface area contributed by atoms with Crippen LogP contribution in [-0.4, -0.2) is 38.4 Å². The van der Waals surface area contributed by atoms with Gasteiger partial charge in [-0.3, -0.25) is 4.79 Å². The van der Waals surface area contributed by atoms with E-state index in [2.05, 4.69) is 5.32 Å². The molecule has 1 saturated heterocycles. The SMILES string of the molecule is NCC1(CC(=O)NC2CCS(=O)(=O)C2)CCC1. The first-order valence-electron chi connectivity index (χ1n) is 6.15. The fourth-order valence-electron chi connectivity index (χ4n) is 2.66. The smallest absolute Gasteiger partial charge is 0.220 e. The molecule has 1 amide bonds. The second-order valence-electron chi connectivity index (χ2n) is 5.40. The fraction of sp³-hybridized carbons (Fsp3) is 0.909. The van der Waals surface area contributed by atoms with Crippen LogP contribution >= 0.6 is 0 Å². The van der Waals surface area contributed by atoms with E-state index in [0.29, 0.717) is 19.4 Å². The lowest BCUT2D eigenvalue weighted by Crippen LogP contribution is -2.44. The predicted octanol–water partition coefficient (Wildman–Crippen LogP) is -0.191. The van der Waals surface area contributed by atoms with E-state index in [0.717, 1.165) is 19.3 Å². The first-order valence-corrected chi connectivity index (χ1v) is 7.97. The van der Waals surface area contributed by atoms with Gasteiger partial charge in [-0.2, -0.15) is 0 Å². The summed E-state index contributed by atoms with van der Waals surface area (Å²) in [6.07, 6.45) is 4.16. The number of sulfone groups is 1. The van der Waals surface area contributed by atoms with Crippen LogP contribution in [0.4, 0.5) is 0 Å². The highest BCUT2D eigenvalue weighted by atomic mass is 32.2. The van der Waals surface area contributed by atoms with Gasteiger partial charge in [-0.05, 0) is 31.2 Å². The first kappa shape index (κ1) is 12.8. The minimum atomic E-state index is -2.92. The van der Waals surface area contributed by atoms with Crippen molar-refractivity contribution in [2.45, 2.75) is 38.1 Å². The first-order chi connectivity index (χ1) is 7.95. The highest BCUT2D eigenvalue weighted by Gasteiger charge is 2.38. The lowest BCUT2D eigenvalue weighted by atomic mass is 9.66. The number of rotatable bonds is 4. The van der Waals surface area contributed by atoms with Gasteiger partial charge in [-0.25, -0.2) is 8.42 Å². The topological polar surface area (TPSA) is 89.3 Å². The van der Waals surface area contributed by atoms with Crippen molar-refractivity contribution in [3.05, 3.63) is 0 Å². The standard InChI is InChI=1S/C11H20N2O3S/c12-8-11(3-1-4-11)6-10(14)13-9-2-5-17(15,16)7-9/h9H,1-8,12H2,(H,13,14). The maximum Gasteiger partial charge on any atom is 0.220 e. The van der Waals surface area contributed by atoms with E-state index in [-0.39, 0.29) is 28.9 Å². The third-order valence-corrected chi connectivity index (χ3v) is 5.75. The number of amides is 1. The van der Waals surface area contributed by atoms with E-state index < -0.39 is 9.84 Å². The number of carbonyl (C=O) groups excluding carboxylic acids is 1. The quantitative estimate of drug-likeness (QED) is 0.733. The number of carbonyl (C=O) groups is 1. The van der Waals surface area contributed by atoms with E-state index in [9.17, 15) is 13.2 Å². The van der Waals surface area contributed by atoms with Crippen molar-refractivity contribution >= 4 is 15.7 Å². The Balaban J connectivity index is 1.82. The molecule has 1 atom stereocenters. The second-order valence-corrected chi connectivity index (χ2v) is 7.63. The van der Waals surface area contributed by atoms with Crippen LogP contribution in [-0.2, 0) is 14.6 Å². The molecule has 1 saturated carbocycles. The molecule has 0 aromatic heterocycles. The molecule has 0 aromatic carbocycles. The summed E-state index contributed by atoms with van der Waals surface area (Å²) in [5.41, 5.74) is 5.68. The van der Waals surface area contributed by atoms with Crippen LogP contribution in [0.15, 0.2) is 0 Å². The Morgan fingerprint density at radius 1 is 1.41 bits per heavy atom. The van der Waals surface area contributed by atoms with E-state index in [1.807, 2.05) is 0 Å². The summed E-state index contributed by atoms with van der Waals surface area (Å²) in [7, 11) is -2.92. The molecule has 0 radical (unpaired) electrons. The molecular formula is C11H20N2O3S. The summed E-state index contributed by atoms with van der Waals surface area (Å²) in [6, 6.07) is -0.192. The molecule has 6 heteroatoms. The van der Waals surface area contributed by atoms with Crippen LogP contribution in [0.25, 0.3) is 0 Å². The molecule has 2 aliphatic rings. The molecule has 2 fully saturated rings. The van der Waals surface area contributed by atoms with Gasteiger partial charge in [-0.1, -0.05) is 6.42 Å². The largest absolute Gasteiger partial charge is 0.352 e. The summed E-state index contributed by atoms with van der Waals surface area (Å²) >= 11 is 0. The van der Waals surface area contributed by atoms with Crippen molar-refractivity contribution in [2.24, 2.45) is 11.1 Å². The highest BCUT2D eigenvalue weighted by molar-refractivity contribution is 7.91. The maximum absolute atomic E-state index is 11.8. The Morgan fingerprint density at radius 3 is 2.53 bits per heavy atom. The number of hydrogen-bond donors (Lipinski definition) is 2. The van der Waals surface area contributed by atoms with Gasteiger partial charge in [0.2, 0.25) is 5.91 Å². The molecule has 1 aliphatic carbocycles. The van der Waals surface area contributed by atoms with Crippen molar-refractivity contribution in [3.63, 3.8) is 0 Å². The summed E-state index contributed by atoms with van der Waals surface area (Å²) in [6.45, 7) is 0.545. The van der Waals surface area contributed by atoms with Crippen molar-refractivity contribution in [1.82, 2.24) is 5.32 Å². The van der Waals surface area contributed by atoms with Crippen molar-refractivity contribution in [3.8, 4) is 0 Å². The average molecular weight is 260 g/mol. The third kappa shape index (κ3) is 2.98. The molecule has 1 aliphatic heterocycles. The lowest BCUT2D eigenvalue weighted by Gasteiger charge is -2.40. The van der Waals surface area contributed by atoms with Gasteiger partial charge in [0.1, 0.15) is 0 Å². The molecule has 17 heavy (non-hydrogen) atoms. The predicted molar refractivity (Wildman–Crippen MR) is 65.2 cm³/mol.